The van der Waals surface area contributed by atoms with Crippen molar-refractivity contribution in [2.24, 2.45) is 5.41 Å². The molecule has 0 spiro atoms. The van der Waals surface area contributed by atoms with Crippen LogP contribution in [0.15, 0.2) is 24.4 Å². The number of pyridine rings is 1. The molecule has 14 heavy (non-hydrogen) atoms. The van der Waals surface area contributed by atoms with Crippen molar-refractivity contribution in [1.82, 2.24) is 4.98 Å². The van der Waals surface area contributed by atoms with Gasteiger partial charge in [0.2, 0.25) is 5.95 Å². The van der Waals surface area contributed by atoms with Gasteiger partial charge in [-0.25, -0.2) is 4.98 Å². The summed E-state index contributed by atoms with van der Waals surface area (Å²) in [6.45, 7) is 4.49. The number of hydrogen-bond donors (Lipinski definition) is 0. The lowest BCUT2D eigenvalue weighted by atomic mass is 9.88. The van der Waals surface area contributed by atoms with Gasteiger partial charge < -0.3 is 0 Å². The van der Waals surface area contributed by atoms with E-state index in [0.717, 1.165) is 18.4 Å². The van der Waals surface area contributed by atoms with Crippen molar-refractivity contribution < 1.29 is 4.39 Å². The van der Waals surface area contributed by atoms with Gasteiger partial charge in [-0.05, 0) is 41.5 Å². The normalized spacial score (nSPS) is 19.5. The maximum Gasteiger partial charge on any atom is 0.212 e. The van der Waals surface area contributed by atoms with E-state index in [1.165, 1.54) is 11.6 Å². The Kier molecular flexibility index (Phi) is 2.14. The van der Waals surface area contributed by atoms with Gasteiger partial charge in [-0.2, -0.15) is 4.39 Å². The molecular weight excluding hydrogens is 177 g/mol. The van der Waals surface area contributed by atoms with Gasteiger partial charge in [0.05, 0.1) is 0 Å². The Hall–Kier alpha value is -1.18. The second kappa shape index (κ2) is 3.19. The van der Waals surface area contributed by atoms with E-state index < -0.39 is 5.95 Å². The van der Waals surface area contributed by atoms with E-state index in [1.54, 1.807) is 12.3 Å². The average molecular weight is 191 g/mol. The molecule has 0 saturated carbocycles. The van der Waals surface area contributed by atoms with Crippen molar-refractivity contribution in [3.05, 3.63) is 35.9 Å². The summed E-state index contributed by atoms with van der Waals surface area (Å²) in [5, 5.41) is 0. The van der Waals surface area contributed by atoms with Crippen LogP contribution in [-0.4, -0.2) is 4.98 Å². The molecule has 0 radical (unpaired) electrons. The molecule has 0 bridgehead atoms. The van der Waals surface area contributed by atoms with Gasteiger partial charge in [-0.3, -0.25) is 0 Å². The summed E-state index contributed by atoms with van der Waals surface area (Å²) < 4.78 is 12.6. The maximum absolute atomic E-state index is 12.6. The van der Waals surface area contributed by atoms with Crippen molar-refractivity contribution in [3.8, 4) is 0 Å². The minimum atomic E-state index is -0.411. The molecule has 1 nitrogen and oxygen atoms in total. The Balaban J connectivity index is 2.22. The molecule has 0 atom stereocenters. The molecule has 0 amide bonds. The number of hydrogen-bond acceptors (Lipinski definition) is 1. The summed E-state index contributed by atoms with van der Waals surface area (Å²) in [5.41, 5.74) is 2.70. The predicted molar refractivity (Wildman–Crippen MR) is 55.2 cm³/mol. The first kappa shape index (κ1) is 9.38. The molecule has 0 aromatic carbocycles. The van der Waals surface area contributed by atoms with E-state index in [1.807, 2.05) is 0 Å². The Morgan fingerprint density at radius 3 is 2.64 bits per heavy atom. The molecule has 1 aromatic rings. The predicted octanol–water partition coefficient (Wildman–Crippen LogP) is 3.42. The molecule has 0 N–H and O–H groups in total. The van der Waals surface area contributed by atoms with E-state index in [2.05, 4.69) is 24.9 Å². The zero-order valence-electron chi connectivity index (χ0n) is 8.55. The largest absolute Gasteiger partial charge is 0.228 e. The van der Waals surface area contributed by atoms with Crippen LogP contribution in [0.1, 0.15) is 32.3 Å². The van der Waals surface area contributed by atoms with E-state index in [0.29, 0.717) is 5.41 Å². The molecule has 2 rings (SSSR count). The number of allylic oxidation sites excluding steroid dienone is 2. The van der Waals surface area contributed by atoms with Crippen molar-refractivity contribution in [3.63, 3.8) is 0 Å². The highest BCUT2D eigenvalue weighted by molar-refractivity contribution is 5.67. The number of aromatic nitrogens is 1. The number of nitrogens with zero attached hydrogens (tertiary/aromatic N) is 1. The van der Waals surface area contributed by atoms with Crippen molar-refractivity contribution in [1.29, 1.82) is 0 Å². The van der Waals surface area contributed by atoms with Crippen LogP contribution in [0.2, 0.25) is 0 Å². The molecule has 1 aliphatic carbocycles. The molecular formula is C12H14FN. The minimum absolute atomic E-state index is 0.351. The van der Waals surface area contributed by atoms with Crippen LogP contribution in [0.25, 0.3) is 5.57 Å². The highest BCUT2D eigenvalue weighted by Gasteiger charge is 2.24. The second-order valence-electron chi connectivity index (χ2n) is 4.64. The Labute approximate surface area is 83.7 Å². The molecule has 1 heterocycles. The molecule has 74 valence electrons. The van der Waals surface area contributed by atoms with Crippen molar-refractivity contribution >= 4 is 5.57 Å². The lowest BCUT2D eigenvalue weighted by molar-refractivity contribution is 0.403. The lowest BCUT2D eigenvalue weighted by Gasteiger charge is -2.16. The third kappa shape index (κ3) is 1.84. The van der Waals surface area contributed by atoms with Crippen LogP contribution in [0.4, 0.5) is 4.39 Å². The van der Waals surface area contributed by atoms with E-state index in [-0.39, 0.29) is 0 Å². The highest BCUT2D eigenvalue weighted by Crippen LogP contribution is 2.40. The average Bonchev–Trinajstić information content (AvgIpc) is 2.47. The van der Waals surface area contributed by atoms with Crippen LogP contribution in [0, 0.1) is 11.4 Å². The first-order valence-electron chi connectivity index (χ1n) is 4.88. The number of rotatable bonds is 1. The first-order valence-corrected chi connectivity index (χ1v) is 4.88. The standard InChI is InChI=1S/C12H14FN/c1-12(2)6-5-9(7-12)10-3-4-11(13)14-8-10/h3-5,8H,6-7H2,1-2H3. The maximum atomic E-state index is 12.6. The van der Waals surface area contributed by atoms with Gasteiger partial charge in [-0.15, -0.1) is 0 Å². The van der Waals surface area contributed by atoms with Crippen LogP contribution in [-0.2, 0) is 0 Å². The topological polar surface area (TPSA) is 12.9 Å². The molecule has 1 aliphatic rings. The summed E-state index contributed by atoms with van der Waals surface area (Å²) in [5.74, 6) is -0.411. The third-order valence-corrected chi connectivity index (χ3v) is 2.67. The third-order valence-electron chi connectivity index (χ3n) is 2.67. The SMILES string of the molecule is CC1(C)CC=C(c2ccc(F)nc2)C1. The lowest BCUT2D eigenvalue weighted by Crippen LogP contribution is -2.04. The summed E-state index contributed by atoms with van der Waals surface area (Å²) in [6.07, 6.45) is 6.00. The molecule has 0 unspecified atom stereocenters. The monoisotopic (exact) mass is 191 g/mol. The summed E-state index contributed by atoms with van der Waals surface area (Å²) in [6, 6.07) is 3.22. The molecule has 2 heteroatoms. The van der Waals surface area contributed by atoms with Gasteiger partial charge in [0.25, 0.3) is 0 Å². The Morgan fingerprint density at radius 2 is 2.14 bits per heavy atom. The zero-order chi connectivity index (χ0) is 10.2. The Bertz CT molecular complexity index is 362. The fourth-order valence-corrected chi connectivity index (χ4v) is 1.85. The summed E-state index contributed by atoms with van der Waals surface area (Å²) in [7, 11) is 0. The molecule has 0 saturated heterocycles. The van der Waals surface area contributed by atoms with Crippen molar-refractivity contribution in [2.45, 2.75) is 26.7 Å². The van der Waals surface area contributed by atoms with Gasteiger partial charge in [0, 0.05) is 6.20 Å². The van der Waals surface area contributed by atoms with Crippen LogP contribution in [0.5, 0.6) is 0 Å². The highest BCUT2D eigenvalue weighted by atomic mass is 19.1. The van der Waals surface area contributed by atoms with Crippen molar-refractivity contribution in [2.75, 3.05) is 0 Å². The van der Waals surface area contributed by atoms with Gasteiger partial charge in [-0.1, -0.05) is 19.9 Å². The Morgan fingerprint density at radius 1 is 1.36 bits per heavy atom. The smallest absolute Gasteiger partial charge is 0.212 e. The van der Waals surface area contributed by atoms with Crippen LogP contribution in [0.3, 0.4) is 0 Å². The molecule has 1 aromatic heterocycles. The van der Waals surface area contributed by atoms with E-state index in [4.69, 9.17) is 0 Å². The van der Waals surface area contributed by atoms with Gasteiger partial charge in [0.1, 0.15) is 0 Å². The fraction of sp³-hybridized carbons (Fsp3) is 0.417. The minimum Gasteiger partial charge on any atom is -0.228 e. The quantitative estimate of drug-likeness (QED) is 0.620. The van der Waals surface area contributed by atoms with Crippen LogP contribution < -0.4 is 0 Å². The van der Waals surface area contributed by atoms with E-state index in [9.17, 15) is 4.39 Å². The summed E-state index contributed by atoms with van der Waals surface area (Å²) in [4.78, 5) is 3.66. The van der Waals surface area contributed by atoms with Gasteiger partial charge >= 0.3 is 0 Å². The van der Waals surface area contributed by atoms with Gasteiger partial charge in [0.15, 0.2) is 0 Å². The molecule has 0 fully saturated rings. The fourth-order valence-electron chi connectivity index (χ4n) is 1.85. The second-order valence-corrected chi connectivity index (χ2v) is 4.64. The number of halogens is 1. The molecule has 0 aliphatic heterocycles. The van der Waals surface area contributed by atoms with E-state index >= 15 is 0 Å². The summed E-state index contributed by atoms with van der Waals surface area (Å²) >= 11 is 0. The first-order chi connectivity index (χ1) is 6.57. The zero-order valence-corrected chi connectivity index (χ0v) is 8.55. The van der Waals surface area contributed by atoms with Crippen LogP contribution >= 0.6 is 0 Å².